The van der Waals surface area contributed by atoms with Gasteiger partial charge in [-0.1, -0.05) is 18.2 Å². The Hall–Kier alpha value is -2.27. The van der Waals surface area contributed by atoms with E-state index in [4.69, 9.17) is 14.2 Å². The molecule has 0 amide bonds. The van der Waals surface area contributed by atoms with Gasteiger partial charge in [0.1, 0.15) is 17.9 Å². The van der Waals surface area contributed by atoms with Crippen molar-refractivity contribution in [3.05, 3.63) is 58.5 Å². The molecule has 0 N–H and O–H groups in total. The van der Waals surface area contributed by atoms with E-state index in [9.17, 15) is 4.79 Å². The van der Waals surface area contributed by atoms with E-state index in [1.54, 1.807) is 0 Å². The Bertz CT molecular complexity index is 616. The molecule has 5 heteroatoms. The quantitative estimate of drug-likeness (QED) is 0.465. The Morgan fingerprint density at radius 2 is 1.95 bits per heavy atom. The number of ether oxygens (including phenoxy) is 3. The number of rotatable bonds is 6. The first kappa shape index (κ1) is 15.1. The Morgan fingerprint density at radius 3 is 2.62 bits per heavy atom. The van der Waals surface area contributed by atoms with Gasteiger partial charge >= 0.3 is 5.97 Å². The Labute approximate surface area is 127 Å². The summed E-state index contributed by atoms with van der Waals surface area (Å²) in [6, 6.07) is 11.4. The van der Waals surface area contributed by atoms with Gasteiger partial charge in [0.05, 0.1) is 25.4 Å². The number of benzene rings is 1. The van der Waals surface area contributed by atoms with E-state index in [0.29, 0.717) is 12.2 Å². The van der Waals surface area contributed by atoms with Crippen LogP contribution in [-0.2, 0) is 20.9 Å². The Morgan fingerprint density at radius 1 is 1.19 bits per heavy atom. The summed E-state index contributed by atoms with van der Waals surface area (Å²) in [5, 5.41) is 1.91. The van der Waals surface area contributed by atoms with Crippen molar-refractivity contribution >= 4 is 22.9 Å². The molecular formula is C16H16O4S. The van der Waals surface area contributed by atoms with Crippen molar-refractivity contribution in [2.24, 2.45) is 0 Å². The predicted molar refractivity (Wildman–Crippen MR) is 82.1 cm³/mol. The fourth-order valence-electron chi connectivity index (χ4n) is 1.81. The molecule has 0 bridgehead atoms. The molecule has 0 saturated carbocycles. The summed E-state index contributed by atoms with van der Waals surface area (Å²) in [7, 11) is 2.84. The summed E-state index contributed by atoms with van der Waals surface area (Å²) in [6.45, 7) is 0.384. The van der Waals surface area contributed by atoms with Crippen LogP contribution in [0.3, 0.4) is 0 Å². The number of thiophene rings is 1. The molecule has 0 aliphatic rings. The smallest absolute Gasteiger partial charge is 0.341 e. The fourth-order valence-corrected chi connectivity index (χ4v) is 2.61. The molecule has 0 fully saturated rings. The van der Waals surface area contributed by atoms with Gasteiger partial charge in [-0.15, -0.1) is 11.3 Å². The van der Waals surface area contributed by atoms with E-state index in [1.807, 2.05) is 41.8 Å². The predicted octanol–water partition coefficient (Wildman–Crippen LogP) is 3.49. The van der Waals surface area contributed by atoms with Gasteiger partial charge in [0.15, 0.2) is 0 Å². The van der Waals surface area contributed by atoms with Gasteiger partial charge < -0.3 is 14.2 Å². The molecule has 2 rings (SSSR count). The van der Waals surface area contributed by atoms with Crippen LogP contribution in [0, 0.1) is 0 Å². The molecule has 0 spiro atoms. The van der Waals surface area contributed by atoms with Crippen LogP contribution in [0.25, 0.3) is 5.57 Å². The number of hydrogen-bond acceptors (Lipinski definition) is 5. The monoisotopic (exact) mass is 304 g/mol. The topological polar surface area (TPSA) is 44.8 Å². The molecule has 1 aromatic carbocycles. The molecule has 0 radical (unpaired) electrons. The summed E-state index contributed by atoms with van der Waals surface area (Å²) in [5.41, 5.74) is 1.15. The molecule has 4 nitrogen and oxygen atoms in total. The van der Waals surface area contributed by atoms with Gasteiger partial charge in [-0.2, -0.15) is 0 Å². The molecule has 21 heavy (non-hydrogen) atoms. The summed E-state index contributed by atoms with van der Waals surface area (Å²) in [6.07, 6.45) is 1.39. The van der Waals surface area contributed by atoms with E-state index in [-0.39, 0.29) is 0 Å². The molecule has 0 saturated heterocycles. The lowest BCUT2D eigenvalue weighted by atomic mass is 10.1. The van der Waals surface area contributed by atoms with Crippen molar-refractivity contribution in [2.45, 2.75) is 6.61 Å². The van der Waals surface area contributed by atoms with Gasteiger partial charge in [-0.3, -0.25) is 0 Å². The van der Waals surface area contributed by atoms with E-state index < -0.39 is 5.97 Å². The highest BCUT2D eigenvalue weighted by atomic mass is 32.1. The highest BCUT2D eigenvalue weighted by Gasteiger charge is 2.18. The molecule has 110 valence electrons. The van der Waals surface area contributed by atoms with Gasteiger partial charge in [0, 0.05) is 5.56 Å². The summed E-state index contributed by atoms with van der Waals surface area (Å²) in [5.74, 6) is 0.350. The van der Waals surface area contributed by atoms with Crippen LogP contribution < -0.4 is 4.74 Å². The first-order valence-electron chi connectivity index (χ1n) is 6.32. The second-order valence-corrected chi connectivity index (χ2v) is 5.12. The number of methoxy groups -OCH3 is 2. The maximum absolute atomic E-state index is 11.8. The molecular weight excluding hydrogens is 288 g/mol. The fraction of sp³-hybridized carbons (Fsp3) is 0.188. The van der Waals surface area contributed by atoms with Crippen LogP contribution in [0.4, 0.5) is 0 Å². The zero-order valence-electron chi connectivity index (χ0n) is 11.9. The van der Waals surface area contributed by atoms with E-state index >= 15 is 0 Å². The average Bonchev–Trinajstić information content (AvgIpc) is 2.99. The summed E-state index contributed by atoms with van der Waals surface area (Å²) in [4.78, 5) is 12.8. The third-order valence-corrected chi connectivity index (χ3v) is 3.68. The summed E-state index contributed by atoms with van der Waals surface area (Å²) >= 11 is 1.52. The van der Waals surface area contributed by atoms with Crippen molar-refractivity contribution in [3.63, 3.8) is 0 Å². The number of hydrogen-bond donors (Lipinski definition) is 0. The van der Waals surface area contributed by atoms with Crippen molar-refractivity contribution < 1.29 is 19.0 Å². The van der Waals surface area contributed by atoms with Crippen LogP contribution in [0.15, 0.2) is 48.0 Å². The molecule has 0 aliphatic heterocycles. The third-order valence-electron chi connectivity index (χ3n) is 2.79. The second kappa shape index (κ2) is 7.50. The van der Waals surface area contributed by atoms with Gasteiger partial charge in [-0.05, 0) is 23.6 Å². The average molecular weight is 304 g/mol. The first-order valence-corrected chi connectivity index (χ1v) is 7.20. The minimum atomic E-state index is -0.434. The zero-order chi connectivity index (χ0) is 15.1. The number of esters is 1. The molecule has 1 heterocycles. The van der Waals surface area contributed by atoms with Crippen LogP contribution >= 0.6 is 11.3 Å². The molecule has 2 aromatic rings. The minimum absolute atomic E-state index is 0.382. The standard InChI is InChI=1S/C16H16O4S/c1-18-10-14(16(17)19-2)13-8-9-21-15(13)11-20-12-6-4-3-5-7-12/h3-10H,11H2,1-2H3/b14-10+. The van der Waals surface area contributed by atoms with Gasteiger partial charge in [-0.25, -0.2) is 4.79 Å². The second-order valence-electron chi connectivity index (χ2n) is 4.12. The number of para-hydroxylation sites is 1. The van der Waals surface area contributed by atoms with Crippen molar-refractivity contribution in [1.29, 1.82) is 0 Å². The zero-order valence-corrected chi connectivity index (χ0v) is 12.7. The lowest BCUT2D eigenvalue weighted by Gasteiger charge is -2.08. The van der Waals surface area contributed by atoms with Crippen LogP contribution in [0.2, 0.25) is 0 Å². The van der Waals surface area contributed by atoms with Crippen LogP contribution in [-0.4, -0.2) is 20.2 Å². The van der Waals surface area contributed by atoms with Crippen molar-refractivity contribution in [2.75, 3.05) is 14.2 Å². The molecule has 0 aliphatic carbocycles. The molecule has 0 unspecified atom stereocenters. The lowest BCUT2D eigenvalue weighted by Crippen LogP contribution is -2.06. The van der Waals surface area contributed by atoms with Gasteiger partial charge in [0.2, 0.25) is 0 Å². The normalized spacial score (nSPS) is 11.0. The van der Waals surface area contributed by atoms with Crippen molar-refractivity contribution in [3.8, 4) is 5.75 Å². The summed E-state index contributed by atoms with van der Waals surface area (Å²) < 4.78 is 15.5. The van der Waals surface area contributed by atoms with E-state index in [2.05, 4.69) is 0 Å². The van der Waals surface area contributed by atoms with Crippen LogP contribution in [0.5, 0.6) is 5.75 Å². The maximum Gasteiger partial charge on any atom is 0.341 e. The maximum atomic E-state index is 11.8. The highest BCUT2D eigenvalue weighted by molar-refractivity contribution is 7.10. The third kappa shape index (κ3) is 3.86. The Balaban J connectivity index is 2.17. The van der Waals surface area contributed by atoms with Gasteiger partial charge in [0.25, 0.3) is 0 Å². The minimum Gasteiger partial charge on any atom is -0.503 e. The number of carbonyl (C=O) groups is 1. The highest BCUT2D eigenvalue weighted by Crippen LogP contribution is 2.27. The Kier molecular flexibility index (Phi) is 5.40. The van der Waals surface area contributed by atoms with Crippen LogP contribution in [0.1, 0.15) is 10.4 Å². The lowest BCUT2D eigenvalue weighted by molar-refractivity contribution is -0.133. The molecule has 1 aromatic heterocycles. The van der Waals surface area contributed by atoms with Crippen molar-refractivity contribution in [1.82, 2.24) is 0 Å². The molecule has 0 atom stereocenters. The van der Waals surface area contributed by atoms with E-state index in [1.165, 1.54) is 31.8 Å². The SMILES string of the molecule is CO/C=C(/C(=O)OC)c1ccsc1COc1ccccc1. The number of carbonyl (C=O) groups excluding carboxylic acids is 1. The largest absolute Gasteiger partial charge is 0.503 e. The first-order chi connectivity index (χ1) is 10.3. The van der Waals surface area contributed by atoms with E-state index in [0.717, 1.165) is 16.2 Å².